The number of likely N-dealkylation sites (N-methyl/N-ethyl adjacent to an activating group) is 1. The molecular formula is C12H18BrN3O. The van der Waals surface area contributed by atoms with Crippen molar-refractivity contribution < 1.29 is 4.79 Å². The van der Waals surface area contributed by atoms with E-state index in [0.717, 1.165) is 16.7 Å². The zero-order valence-corrected chi connectivity index (χ0v) is 12.0. The summed E-state index contributed by atoms with van der Waals surface area (Å²) >= 11 is 3.44. The Bertz CT molecular complexity index is 407. The van der Waals surface area contributed by atoms with Crippen molar-refractivity contribution in [2.24, 2.45) is 0 Å². The Hall–Kier alpha value is -1.07. The molecule has 1 aromatic rings. The molecule has 0 aliphatic heterocycles. The molecule has 0 heterocycles. The largest absolute Gasteiger partial charge is 0.399 e. The lowest BCUT2D eigenvalue weighted by atomic mass is 10.2. The van der Waals surface area contributed by atoms with Gasteiger partial charge in [0.25, 0.3) is 0 Å². The highest BCUT2D eigenvalue weighted by molar-refractivity contribution is 9.10. The van der Waals surface area contributed by atoms with Crippen molar-refractivity contribution in [3.05, 3.63) is 22.7 Å². The monoisotopic (exact) mass is 299 g/mol. The number of hydrogen-bond acceptors (Lipinski definition) is 3. The molecule has 0 unspecified atom stereocenters. The molecule has 5 heteroatoms. The topological polar surface area (TPSA) is 49.6 Å². The molecule has 0 spiro atoms. The van der Waals surface area contributed by atoms with Crippen LogP contribution >= 0.6 is 15.9 Å². The first-order valence-electron chi connectivity index (χ1n) is 5.39. The number of halogens is 1. The molecule has 0 fully saturated rings. The molecule has 2 N–H and O–H groups in total. The molecular weight excluding hydrogens is 282 g/mol. The molecule has 0 aromatic heterocycles. The van der Waals surface area contributed by atoms with Gasteiger partial charge in [-0.05, 0) is 48.2 Å². The van der Waals surface area contributed by atoms with Gasteiger partial charge in [-0.1, -0.05) is 0 Å². The molecule has 0 saturated heterocycles. The summed E-state index contributed by atoms with van der Waals surface area (Å²) in [5, 5.41) is 0. The average Bonchev–Trinajstić information content (AvgIpc) is 2.20. The zero-order valence-electron chi connectivity index (χ0n) is 10.4. The second-order valence-electron chi connectivity index (χ2n) is 4.18. The van der Waals surface area contributed by atoms with Gasteiger partial charge in [-0.2, -0.15) is 0 Å². The summed E-state index contributed by atoms with van der Waals surface area (Å²) in [4.78, 5) is 15.4. The second kappa shape index (κ2) is 6.02. The number of carbonyl (C=O) groups excluding carboxylic acids is 1. The number of carbonyl (C=O) groups is 1. The van der Waals surface area contributed by atoms with Crippen LogP contribution in [-0.4, -0.2) is 38.0 Å². The Kier molecular flexibility index (Phi) is 4.96. The number of nitrogen functional groups attached to an aromatic ring is 1. The molecule has 0 aliphatic rings. The van der Waals surface area contributed by atoms with Crippen LogP contribution in [0, 0.1) is 0 Å². The van der Waals surface area contributed by atoms with E-state index >= 15 is 0 Å². The molecule has 0 radical (unpaired) electrons. The fourth-order valence-corrected chi connectivity index (χ4v) is 2.10. The van der Waals surface area contributed by atoms with Crippen LogP contribution in [-0.2, 0) is 4.79 Å². The molecule has 94 valence electrons. The maximum atomic E-state index is 11.6. The van der Waals surface area contributed by atoms with Gasteiger partial charge < -0.3 is 15.5 Å². The third-order valence-electron chi connectivity index (χ3n) is 2.41. The Labute approximate surface area is 111 Å². The Morgan fingerprint density at radius 1 is 1.35 bits per heavy atom. The van der Waals surface area contributed by atoms with Crippen molar-refractivity contribution in [3.63, 3.8) is 0 Å². The van der Waals surface area contributed by atoms with E-state index in [-0.39, 0.29) is 5.91 Å². The third-order valence-corrected chi connectivity index (χ3v) is 3.05. The summed E-state index contributed by atoms with van der Waals surface area (Å²) in [6.07, 6.45) is 0. The van der Waals surface area contributed by atoms with Gasteiger partial charge in [0.15, 0.2) is 0 Å². The van der Waals surface area contributed by atoms with Crippen LogP contribution < -0.4 is 10.6 Å². The molecule has 1 amide bonds. The number of nitrogens with zero attached hydrogens (tertiary/aromatic N) is 2. The molecule has 1 aromatic carbocycles. The van der Waals surface area contributed by atoms with E-state index in [1.54, 1.807) is 24.0 Å². The standard InChI is InChI=1S/C12H18BrN3O/c1-9(17)16(7-6-15(2)3)12-5-4-10(14)8-11(12)13/h4-5,8H,6-7,14H2,1-3H3. The van der Waals surface area contributed by atoms with Crippen LogP contribution in [0.25, 0.3) is 0 Å². The molecule has 0 atom stereocenters. The fourth-order valence-electron chi connectivity index (χ4n) is 1.49. The van der Waals surface area contributed by atoms with E-state index in [1.807, 2.05) is 25.1 Å². The van der Waals surface area contributed by atoms with E-state index in [0.29, 0.717) is 12.2 Å². The minimum Gasteiger partial charge on any atom is -0.399 e. The van der Waals surface area contributed by atoms with Gasteiger partial charge in [0.1, 0.15) is 0 Å². The SMILES string of the molecule is CC(=O)N(CCN(C)C)c1ccc(N)cc1Br. The quantitative estimate of drug-likeness (QED) is 0.865. The number of hydrogen-bond donors (Lipinski definition) is 1. The van der Waals surface area contributed by atoms with E-state index in [2.05, 4.69) is 15.9 Å². The molecule has 17 heavy (non-hydrogen) atoms. The lowest BCUT2D eigenvalue weighted by Gasteiger charge is -2.24. The molecule has 0 bridgehead atoms. The van der Waals surface area contributed by atoms with Crippen molar-refractivity contribution in [1.82, 2.24) is 4.90 Å². The van der Waals surface area contributed by atoms with Gasteiger partial charge in [0.05, 0.1) is 5.69 Å². The van der Waals surface area contributed by atoms with Crippen LogP contribution in [0.2, 0.25) is 0 Å². The van der Waals surface area contributed by atoms with Crippen molar-refractivity contribution in [1.29, 1.82) is 0 Å². The Morgan fingerprint density at radius 2 is 2.00 bits per heavy atom. The summed E-state index contributed by atoms with van der Waals surface area (Å²) in [6.45, 7) is 3.04. The summed E-state index contributed by atoms with van der Waals surface area (Å²) in [6, 6.07) is 5.46. The first-order chi connectivity index (χ1) is 7.91. The minimum atomic E-state index is 0.0253. The van der Waals surface area contributed by atoms with Crippen LogP contribution in [0.5, 0.6) is 0 Å². The van der Waals surface area contributed by atoms with Crippen molar-refractivity contribution in [3.8, 4) is 0 Å². The van der Waals surface area contributed by atoms with Gasteiger partial charge in [0, 0.05) is 30.2 Å². The summed E-state index contributed by atoms with van der Waals surface area (Å²) in [5.41, 5.74) is 7.22. The van der Waals surface area contributed by atoms with Gasteiger partial charge in [-0.25, -0.2) is 0 Å². The highest BCUT2D eigenvalue weighted by Gasteiger charge is 2.14. The van der Waals surface area contributed by atoms with Crippen molar-refractivity contribution in [2.75, 3.05) is 37.8 Å². The van der Waals surface area contributed by atoms with Crippen LogP contribution in [0.1, 0.15) is 6.92 Å². The maximum Gasteiger partial charge on any atom is 0.223 e. The number of nitrogens with two attached hydrogens (primary N) is 1. The highest BCUT2D eigenvalue weighted by Crippen LogP contribution is 2.28. The lowest BCUT2D eigenvalue weighted by Crippen LogP contribution is -2.35. The third kappa shape index (κ3) is 4.02. The number of rotatable bonds is 4. The molecule has 1 rings (SSSR count). The van der Waals surface area contributed by atoms with Gasteiger partial charge in [0.2, 0.25) is 5.91 Å². The van der Waals surface area contributed by atoms with E-state index in [4.69, 9.17) is 5.73 Å². The molecule has 0 saturated carbocycles. The van der Waals surface area contributed by atoms with Crippen molar-refractivity contribution >= 4 is 33.2 Å². The maximum absolute atomic E-state index is 11.6. The predicted molar refractivity (Wildman–Crippen MR) is 75.1 cm³/mol. The van der Waals surface area contributed by atoms with E-state index in [9.17, 15) is 4.79 Å². The Morgan fingerprint density at radius 3 is 2.47 bits per heavy atom. The first kappa shape index (κ1) is 14.0. The summed E-state index contributed by atoms with van der Waals surface area (Å²) < 4.78 is 0.839. The minimum absolute atomic E-state index is 0.0253. The normalized spacial score (nSPS) is 10.6. The van der Waals surface area contributed by atoms with Crippen LogP contribution in [0.15, 0.2) is 22.7 Å². The first-order valence-corrected chi connectivity index (χ1v) is 6.19. The molecule has 0 aliphatic carbocycles. The molecule has 4 nitrogen and oxygen atoms in total. The van der Waals surface area contributed by atoms with Gasteiger partial charge in [-0.3, -0.25) is 4.79 Å². The number of amides is 1. The van der Waals surface area contributed by atoms with E-state index in [1.165, 1.54) is 0 Å². The number of anilines is 2. The Balaban J connectivity index is 2.93. The summed E-state index contributed by atoms with van der Waals surface area (Å²) in [7, 11) is 3.96. The predicted octanol–water partition coefficient (Wildman–Crippen LogP) is 1.95. The van der Waals surface area contributed by atoms with Crippen LogP contribution in [0.4, 0.5) is 11.4 Å². The summed E-state index contributed by atoms with van der Waals surface area (Å²) in [5.74, 6) is 0.0253. The zero-order chi connectivity index (χ0) is 13.0. The van der Waals surface area contributed by atoms with Crippen LogP contribution in [0.3, 0.4) is 0 Å². The highest BCUT2D eigenvalue weighted by atomic mass is 79.9. The lowest BCUT2D eigenvalue weighted by molar-refractivity contribution is -0.116. The fraction of sp³-hybridized carbons (Fsp3) is 0.417. The van der Waals surface area contributed by atoms with Crippen molar-refractivity contribution in [2.45, 2.75) is 6.92 Å². The second-order valence-corrected chi connectivity index (χ2v) is 5.04. The van der Waals surface area contributed by atoms with Gasteiger partial charge in [-0.15, -0.1) is 0 Å². The number of benzene rings is 1. The van der Waals surface area contributed by atoms with E-state index < -0.39 is 0 Å². The van der Waals surface area contributed by atoms with Gasteiger partial charge >= 0.3 is 0 Å². The smallest absolute Gasteiger partial charge is 0.223 e. The average molecular weight is 300 g/mol.